The van der Waals surface area contributed by atoms with E-state index in [4.69, 9.17) is 4.74 Å². The lowest BCUT2D eigenvalue weighted by Crippen LogP contribution is -2.51. The monoisotopic (exact) mass is 649 g/mol. The first kappa shape index (κ1) is 38.5. The van der Waals surface area contributed by atoms with Crippen LogP contribution in [0, 0.1) is 52.3 Å². The molecule has 4 aliphatic carbocycles. The Labute approximate surface area is 292 Å². The molecule has 47 heavy (non-hydrogen) atoms. The number of hydrogen-bond acceptors (Lipinski definition) is 2. The summed E-state index contributed by atoms with van der Waals surface area (Å²) in [4.78, 5) is 12.8. The molecule has 0 N–H and O–H groups in total. The summed E-state index contributed by atoms with van der Waals surface area (Å²) in [6.07, 6.45) is 38.5. The van der Waals surface area contributed by atoms with E-state index in [1.807, 2.05) is 0 Å². The average Bonchev–Trinajstić information content (AvgIpc) is 3.41. The van der Waals surface area contributed by atoms with Crippen molar-refractivity contribution in [2.45, 2.75) is 189 Å². The fourth-order valence-corrected chi connectivity index (χ4v) is 11.1. The molecule has 3 fully saturated rings. The average molecular weight is 649 g/mol. The van der Waals surface area contributed by atoms with Gasteiger partial charge in [0.2, 0.25) is 0 Å². The molecule has 4 aliphatic rings. The van der Waals surface area contributed by atoms with Crippen molar-refractivity contribution >= 4 is 5.97 Å². The second-order valence-corrected chi connectivity index (χ2v) is 17.5. The lowest BCUT2D eigenvalue weighted by atomic mass is 9.47. The minimum absolute atomic E-state index is 0.0405. The molecule has 3 saturated carbocycles. The lowest BCUT2D eigenvalue weighted by Gasteiger charge is -2.58. The van der Waals surface area contributed by atoms with E-state index in [2.05, 4.69) is 78.8 Å². The van der Waals surface area contributed by atoms with E-state index in [0.29, 0.717) is 29.1 Å². The van der Waals surface area contributed by atoms with Crippen LogP contribution in [0.2, 0.25) is 0 Å². The fourth-order valence-electron chi connectivity index (χ4n) is 11.1. The maximum absolute atomic E-state index is 12.8. The highest BCUT2D eigenvalue weighted by Crippen LogP contribution is 2.67. The van der Waals surface area contributed by atoms with Gasteiger partial charge in [-0.1, -0.05) is 123 Å². The predicted molar refractivity (Wildman–Crippen MR) is 202 cm³/mol. The molecule has 0 aliphatic heterocycles. The van der Waals surface area contributed by atoms with Gasteiger partial charge < -0.3 is 4.74 Å². The van der Waals surface area contributed by atoms with Crippen molar-refractivity contribution in [2.75, 3.05) is 0 Å². The summed E-state index contributed by atoms with van der Waals surface area (Å²) in [5.41, 5.74) is 2.43. The van der Waals surface area contributed by atoms with Crippen LogP contribution in [-0.2, 0) is 9.53 Å². The van der Waals surface area contributed by atoms with E-state index >= 15 is 0 Å². The molecular formula is C45H76O2. The Balaban J connectivity index is 1.19. The number of fused-ring (bicyclic) bond motifs is 5. The zero-order valence-corrected chi connectivity index (χ0v) is 32.2. The quantitative estimate of drug-likeness (QED) is 0.0791. The van der Waals surface area contributed by atoms with Crippen molar-refractivity contribution in [3.05, 3.63) is 36.0 Å². The smallest absolute Gasteiger partial charge is 0.306 e. The summed E-state index contributed by atoms with van der Waals surface area (Å²) in [5, 5.41) is 0. The molecule has 2 heteroatoms. The second-order valence-electron chi connectivity index (χ2n) is 17.5. The number of allylic oxidation sites excluding steroid dienone is 5. The normalized spacial score (nSPS) is 33.4. The Bertz CT molecular complexity index is 1030. The first-order chi connectivity index (χ1) is 22.6. The molecule has 0 aromatic rings. The van der Waals surface area contributed by atoms with Gasteiger partial charge in [0, 0.05) is 12.8 Å². The number of unbranched alkanes of at least 4 members (excludes halogenated alkanes) is 9. The molecule has 0 saturated heterocycles. The predicted octanol–water partition coefficient (Wildman–Crippen LogP) is 13.6. The molecule has 0 spiro atoms. The maximum Gasteiger partial charge on any atom is 0.306 e. The lowest BCUT2D eigenvalue weighted by molar-refractivity contribution is -0.151. The second kappa shape index (κ2) is 18.6. The maximum atomic E-state index is 12.8. The van der Waals surface area contributed by atoms with Gasteiger partial charge in [-0.05, 0) is 136 Å². The van der Waals surface area contributed by atoms with Gasteiger partial charge in [0.25, 0.3) is 0 Å². The fraction of sp³-hybridized carbons (Fsp3) is 0.844. The van der Waals surface area contributed by atoms with E-state index < -0.39 is 0 Å². The molecule has 9 atom stereocenters. The van der Waals surface area contributed by atoms with Gasteiger partial charge in [-0.3, -0.25) is 4.79 Å². The van der Waals surface area contributed by atoms with Gasteiger partial charge in [-0.15, -0.1) is 0 Å². The number of carbonyl (C=O) groups excluding carboxylic acids is 1. The summed E-state index contributed by atoms with van der Waals surface area (Å²) >= 11 is 0. The van der Waals surface area contributed by atoms with Crippen molar-refractivity contribution in [3.8, 4) is 0 Å². The Morgan fingerprint density at radius 3 is 2.26 bits per heavy atom. The topological polar surface area (TPSA) is 26.3 Å². The van der Waals surface area contributed by atoms with Crippen LogP contribution in [0.1, 0.15) is 183 Å². The van der Waals surface area contributed by atoms with E-state index in [-0.39, 0.29) is 12.1 Å². The van der Waals surface area contributed by atoms with Crippen molar-refractivity contribution in [1.82, 2.24) is 0 Å². The summed E-state index contributed by atoms with van der Waals surface area (Å²) in [6.45, 7) is 17.2. The first-order valence-corrected chi connectivity index (χ1v) is 20.9. The molecule has 0 aromatic carbocycles. The Kier molecular flexibility index (Phi) is 15.2. The van der Waals surface area contributed by atoms with Crippen molar-refractivity contribution in [3.63, 3.8) is 0 Å². The minimum atomic E-state index is 0.0405. The molecule has 0 aromatic heterocycles. The highest BCUT2D eigenvalue weighted by Gasteiger charge is 2.59. The molecule has 268 valence electrons. The summed E-state index contributed by atoms with van der Waals surface area (Å²) in [7, 11) is 0. The Hall–Kier alpha value is -1.31. The van der Waals surface area contributed by atoms with Gasteiger partial charge in [-0.25, -0.2) is 0 Å². The summed E-state index contributed by atoms with van der Waals surface area (Å²) < 4.78 is 6.12. The van der Waals surface area contributed by atoms with E-state index in [9.17, 15) is 4.79 Å². The van der Waals surface area contributed by atoms with Crippen LogP contribution in [0.4, 0.5) is 0 Å². The van der Waals surface area contributed by atoms with Gasteiger partial charge in [0.15, 0.2) is 0 Å². The molecule has 4 rings (SSSR count). The standard InChI is InChI=1S/C45H76O2/c1-8-10-11-12-13-14-15-16-17-18-19-20-21-22-43(46)47-38-29-31-44(6)37(33-38)25-26-39-41-28-27-40(45(41,7)32-30-42(39)44)35(5)23-24-36(9-2)34(3)4/h16-17,23-25,34-36,38-42H,8-15,18-22,26-33H2,1-7H3/b17-16-,24-23+. The van der Waals surface area contributed by atoms with Crippen LogP contribution >= 0.6 is 0 Å². The number of esters is 1. The molecular weight excluding hydrogens is 572 g/mol. The largest absolute Gasteiger partial charge is 0.462 e. The van der Waals surface area contributed by atoms with Gasteiger partial charge in [0.05, 0.1) is 0 Å². The molecule has 0 heterocycles. The zero-order chi connectivity index (χ0) is 33.9. The van der Waals surface area contributed by atoms with Crippen LogP contribution in [-0.4, -0.2) is 12.1 Å². The minimum Gasteiger partial charge on any atom is -0.462 e. The highest BCUT2D eigenvalue weighted by molar-refractivity contribution is 5.69. The van der Waals surface area contributed by atoms with Crippen molar-refractivity contribution in [1.29, 1.82) is 0 Å². The zero-order valence-electron chi connectivity index (χ0n) is 32.2. The third-order valence-corrected chi connectivity index (χ3v) is 14.2. The van der Waals surface area contributed by atoms with E-state index in [0.717, 1.165) is 61.7 Å². The van der Waals surface area contributed by atoms with Crippen molar-refractivity contribution < 1.29 is 9.53 Å². The molecule has 0 amide bonds. The Morgan fingerprint density at radius 2 is 1.55 bits per heavy atom. The van der Waals surface area contributed by atoms with Crippen LogP contribution < -0.4 is 0 Å². The SMILES string of the molecule is CCCCCCCC/C=C\CCCCCC(=O)OC1CCC2(C)C(=CCC3C2CCC2(C)C(C(C)/C=C/C(CC)C(C)C)CCC32)C1. The molecule has 0 radical (unpaired) electrons. The van der Waals surface area contributed by atoms with Crippen molar-refractivity contribution in [2.24, 2.45) is 52.3 Å². The van der Waals surface area contributed by atoms with Crippen LogP contribution in [0.3, 0.4) is 0 Å². The van der Waals surface area contributed by atoms with Crippen LogP contribution in [0.15, 0.2) is 36.0 Å². The third-order valence-electron chi connectivity index (χ3n) is 14.2. The molecule has 2 nitrogen and oxygen atoms in total. The number of hydrogen-bond donors (Lipinski definition) is 0. The number of rotatable bonds is 19. The van der Waals surface area contributed by atoms with Gasteiger partial charge >= 0.3 is 5.97 Å². The summed E-state index contributed by atoms with van der Waals surface area (Å²) in [6, 6.07) is 0. The van der Waals surface area contributed by atoms with Gasteiger partial charge in [-0.2, -0.15) is 0 Å². The molecule has 0 bridgehead atoms. The number of ether oxygens (including phenoxy) is 1. The number of carbonyl (C=O) groups is 1. The third kappa shape index (κ3) is 9.90. The first-order valence-electron chi connectivity index (χ1n) is 20.9. The van der Waals surface area contributed by atoms with E-state index in [1.54, 1.807) is 5.57 Å². The van der Waals surface area contributed by atoms with Crippen LogP contribution in [0.5, 0.6) is 0 Å². The highest BCUT2D eigenvalue weighted by atomic mass is 16.5. The molecule has 9 unspecified atom stereocenters. The summed E-state index contributed by atoms with van der Waals surface area (Å²) in [5.74, 6) is 5.52. The Morgan fingerprint density at radius 1 is 0.851 bits per heavy atom. The van der Waals surface area contributed by atoms with E-state index in [1.165, 1.54) is 96.3 Å². The van der Waals surface area contributed by atoms with Gasteiger partial charge in [0.1, 0.15) is 6.10 Å². The van der Waals surface area contributed by atoms with Crippen LogP contribution in [0.25, 0.3) is 0 Å².